The van der Waals surface area contributed by atoms with Gasteiger partial charge in [0.05, 0.1) is 13.2 Å². The zero-order valence-corrected chi connectivity index (χ0v) is 15.5. The Bertz CT molecular complexity index is 950. The molecule has 4 nitrogen and oxygen atoms in total. The van der Waals surface area contributed by atoms with E-state index in [0.717, 1.165) is 16.5 Å². The molecule has 0 bridgehead atoms. The van der Waals surface area contributed by atoms with Crippen molar-refractivity contribution in [3.05, 3.63) is 77.9 Å². The summed E-state index contributed by atoms with van der Waals surface area (Å²) in [6, 6.07) is 19.9. The summed E-state index contributed by atoms with van der Waals surface area (Å²) in [7, 11) is 0. The SMILES string of the molecule is O=C(NCCOc1cccc2ccccc12)c1ccc(COCC(F)(F)F)cc1. The fraction of sp³-hybridized carbons (Fsp3) is 0.227. The molecule has 1 N–H and O–H groups in total. The van der Waals surface area contributed by atoms with Crippen LogP contribution >= 0.6 is 0 Å². The van der Waals surface area contributed by atoms with E-state index in [0.29, 0.717) is 24.3 Å². The lowest BCUT2D eigenvalue weighted by atomic mass is 10.1. The van der Waals surface area contributed by atoms with Crippen LogP contribution in [-0.4, -0.2) is 31.8 Å². The van der Waals surface area contributed by atoms with Gasteiger partial charge in [0.25, 0.3) is 5.91 Å². The molecule has 3 aromatic carbocycles. The number of ether oxygens (including phenoxy) is 2. The molecule has 0 aromatic heterocycles. The van der Waals surface area contributed by atoms with Gasteiger partial charge in [-0.25, -0.2) is 0 Å². The predicted octanol–water partition coefficient (Wildman–Crippen LogP) is 4.73. The second kappa shape index (κ2) is 9.43. The molecule has 3 rings (SSSR count). The number of carbonyl (C=O) groups excluding carboxylic acids is 1. The van der Waals surface area contributed by atoms with Crippen LogP contribution in [0.1, 0.15) is 15.9 Å². The number of benzene rings is 3. The van der Waals surface area contributed by atoms with Crippen molar-refractivity contribution in [1.29, 1.82) is 0 Å². The summed E-state index contributed by atoms with van der Waals surface area (Å²) in [5.41, 5.74) is 0.972. The van der Waals surface area contributed by atoms with Crippen molar-refractivity contribution in [3.63, 3.8) is 0 Å². The van der Waals surface area contributed by atoms with Crippen LogP contribution in [0.25, 0.3) is 10.8 Å². The summed E-state index contributed by atoms with van der Waals surface area (Å²) >= 11 is 0. The molecule has 0 fully saturated rings. The van der Waals surface area contributed by atoms with Gasteiger partial charge >= 0.3 is 6.18 Å². The van der Waals surface area contributed by atoms with Gasteiger partial charge in [-0.1, -0.05) is 48.5 Å². The Kier molecular flexibility index (Phi) is 6.72. The van der Waals surface area contributed by atoms with E-state index in [1.54, 1.807) is 24.3 Å². The summed E-state index contributed by atoms with van der Waals surface area (Å²) < 4.78 is 46.6. The van der Waals surface area contributed by atoms with Crippen LogP contribution in [0.15, 0.2) is 66.7 Å². The molecule has 0 radical (unpaired) electrons. The molecule has 1 amide bonds. The van der Waals surface area contributed by atoms with E-state index in [9.17, 15) is 18.0 Å². The second-order valence-corrected chi connectivity index (χ2v) is 6.39. The normalized spacial score (nSPS) is 11.4. The fourth-order valence-corrected chi connectivity index (χ4v) is 2.79. The van der Waals surface area contributed by atoms with Crippen molar-refractivity contribution in [2.75, 3.05) is 19.8 Å². The number of hydrogen-bond donors (Lipinski definition) is 1. The van der Waals surface area contributed by atoms with E-state index in [1.165, 1.54) is 0 Å². The standard InChI is InChI=1S/C22H20F3NO3/c23-22(24,25)15-28-14-16-8-10-18(11-9-16)21(27)26-12-13-29-20-7-3-5-17-4-1-2-6-19(17)20/h1-11H,12-15H2,(H,26,27). The minimum absolute atomic E-state index is 0.166. The minimum atomic E-state index is -4.35. The third-order valence-electron chi connectivity index (χ3n) is 4.15. The number of carbonyl (C=O) groups is 1. The van der Waals surface area contributed by atoms with Crippen molar-refractivity contribution < 1.29 is 27.4 Å². The summed E-state index contributed by atoms with van der Waals surface area (Å²) in [6.45, 7) is -0.839. The number of halogens is 3. The predicted molar refractivity (Wildman–Crippen MR) is 104 cm³/mol. The molecule has 0 unspecified atom stereocenters. The Labute approximate surface area is 166 Å². The van der Waals surface area contributed by atoms with Crippen LogP contribution in [0.4, 0.5) is 13.2 Å². The van der Waals surface area contributed by atoms with E-state index in [-0.39, 0.29) is 12.5 Å². The van der Waals surface area contributed by atoms with Crippen molar-refractivity contribution >= 4 is 16.7 Å². The summed E-state index contributed by atoms with van der Waals surface area (Å²) in [4.78, 5) is 12.2. The monoisotopic (exact) mass is 403 g/mol. The van der Waals surface area contributed by atoms with Gasteiger partial charge < -0.3 is 14.8 Å². The van der Waals surface area contributed by atoms with E-state index in [4.69, 9.17) is 4.74 Å². The molecular weight excluding hydrogens is 383 g/mol. The first-order chi connectivity index (χ1) is 13.9. The lowest BCUT2D eigenvalue weighted by Gasteiger charge is -2.11. The Hall–Kier alpha value is -3.06. The molecule has 152 valence electrons. The summed E-state index contributed by atoms with van der Waals surface area (Å²) in [6.07, 6.45) is -4.35. The first-order valence-corrected chi connectivity index (χ1v) is 9.04. The first kappa shape index (κ1) is 20.7. The maximum atomic E-state index is 12.2. The molecule has 0 saturated heterocycles. The third kappa shape index (κ3) is 6.22. The van der Waals surface area contributed by atoms with Crippen molar-refractivity contribution in [2.45, 2.75) is 12.8 Å². The average Bonchev–Trinajstić information content (AvgIpc) is 2.70. The number of hydrogen-bond acceptors (Lipinski definition) is 3. The zero-order valence-electron chi connectivity index (χ0n) is 15.5. The molecule has 0 spiro atoms. The van der Waals surface area contributed by atoms with E-state index in [1.807, 2.05) is 42.5 Å². The van der Waals surface area contributed by atoms with Crippen LogP contribution < -0.4 is 10.1 Å². The van der Waals surface area contributed by atoms with Gasteiger partial charge in [-0.3, -0.25) is 4.79 Å². The number of rotatable bonds is 8. The lowest BCUT2D eigenvalue weighted by molar-refractivity contribution is -0.176. The van der Waals surface area contributed by atoms with Gasteiger partial charge in [-0.2, -0.15) is 13.2 Å². The van der Waals surface area contributed by atoms with Crippen LogP contribution in [0, 0.1) is 0 Å². The van der Waals surface area contributed by atoms with Crippen molar-refractivity contribution in [2.24, 2.45) is 0 Å². The number of amides is 1. The van der Waals surface area contributed by atoms with Crippen LogP contribution in [0.2, 0.25) is 0 Å². The van der Waals surface area contributed by atoms with E-state index < -0.39 is 12.8 Å². The highest BCUT2D eigenvalue weighted by Gasteiger charge is 2.27. The highest BCUT2D eigenvalue weighted by atomic mass is 19.4. The quantitative estimate of drug-likeness (QED) is 0.554. The Balaban J connectivity index is 1.44. The average molecular weight is 403 g/mol. The third-order valence-corrected chi connectivity index (χ3v) is 4.15. The zero-order chi connectivity index (χ0) is 20.7. The van der Waals surface area contributed by atoms with Crippen LogP contribution in [0.5, 0.6) is 5.75 Å². The molecule has 0 aliphatic carbocycles. The summed E-state index contributed by atoms with van der Waals surface area (Å²) in [5.74, 6) is 0.467. The van der Waals surface area contributed by atoms with E-state index in [2.05, 4.69) is 10.1 Å². The molecule has 0 heterocycles. The lowest BCUT2D eigenvalue weighted by Crippen LogP contribution is -2.28. The highest BCUT2D eigenvalue weighted by Crippen LogP contribution is 2.24. The maximum Gasteiger partial charge on any atom is 0.411 e. The molecule has 3 aromatic rings. The second-order valence-electron chi connectivity index (χ2n) is 6.39. The highest BCUT2D eigenvalue weighted by molar-refractivity contribution is 5.94. The maximum absolute atomic E-state index is 12.2. The molecule has 0 atom stereocenters. The Morgan fingerprint density at radius 1 is 0.931 bits per heavy atom. The Morgan fingerprint density at radius 2 is 1.66 bits per heavy atom. The van der Waals surface area contributed by atoms with Crippen LogP contribution in [-0.2, 0) is 11.3 Å². The molecule has 0 aliphatic heterocycles. The van der Waals surface area contributed by atoms with E-state index >= 15 is 0 Å². The number of alkyl halides is 3. The van der Waals surface area contributed by atoms with Crippen LogP contribution in [0.3, 0.4) is 0 Å². The van der Waals surface area contributed by atoms with Crippen molar-refractivity contribution in [3.8, 4) is 5.75 Å². The molecule has 0 aliphatic rings. The van der Waals surface area contributed by atoms with Gasteiger partial charge in [0.2, 0.25) is 0 Å². The van der Waals surface area contributed by atoms with Gasteiger partial charge in [0.15, 0.2) is 0 Å². The largest absolute Gasteiger partial charge is 0.491 e. The van der Waals surface area contributed by atoms with Crippen molar-refractivity contribution in [1.82, 2.24) is 5.32 Å². The van der Waals surface area contributed by atoms with Gasteiger partial charge in [0, 0.05) is 10.9 Å². The van der Waals surface area contributed by atoms with Gasteiger partial charge in [-0.05, 0) is 29.1 Å². The van der Waals surface area contributed by atoms with Gasteiger partial charge in [0.1, 0.15) is 19.0 Å². The topological polar surface area (TPSA) is 47.6 Å². The minimum Gasteiger partial charge on any atom is -0.491 e. The first-order valence-electron chi connectivity index (χ1n) is 9.04. The number of fused-ring (bicyclic) bond motifs is 1. The molecular formula is C22H20F3NO3. The van der Waals surface area contributed by atoms with Gasteiger partial charge in [-0.15, -0.1) is 0 Å². The fourth-order valence-electron chi connectivity index (χ4n) is 2.79. The summed E-state index contributed by atoms with van der Waals surface area (Å²) in [5, 5.41) is 4.84. The smallest absolute Gasteiger partial charge is 0.411 e. The Morgan fingerprint density at radius 3 is 2.41 bits per heavy atom. The molecule has 29 heavy (non-hydrogen) atoms. The number of nitrogens with one attached hydrogen (secondary N) is 1. The molecule has 0 saturated carbocycles. The molecule has 7 heteroatoms.